The number of hydrogen-bond acceptors (Lipinski definition) is 5. The highest BCUT2D eigenvalue weighted by Gasteiger charge is 2.25. The van der Waals surface area contributed by atoms with Crippen LogP contribution in [0, 0.1) is 5.82 Å². The number of nitrogens with one attached hydrogen (secondary N) is 1. The van der Waals surface area contributed by atoms with Crippen molar-refractivity contribution in [1.29, 1.82) is 0 Å². The molecule has 8 heteroatoms. The van der Waals surface area contributed by atoms with E-state index in [0.29, 0.717) is 48.9 Å². The number of pyridine rings is 1. The van der Waals surface area contributed by atoms with Crippen molar-refractivity contribution in [3.05, 3.63) is 84.4 Å². The largest absolute Gasteiger partial charge is 0.463 e. The maximum atomic E-state index is 13.5. The van der Waals surface area contributed by atoms with Crippen molar-refractivity contribution in [2.45, 2.75) is 0 Å². The summed E-state index contributed by atoms with van der Waals surface area (Å²) in [4.78, 5) is 34.3. The van der Waals surface area contributed by atoms with Gasteiger partial charge in [-0.25, -0.2) is 9.37 Å². The van der Waals surface area contributed by atoms with E-state index in [1.807, 2.05) is 40.1 Å². The van der Waals surface area contributed by atoms with E-state index in [4.69, 9.17) is 4.42 Å². The van der Waals surface area contributed by atoms with Gasteiger partial charge < -0.3 is 14.6 Å². The second-order valence-electron chi connectivity index (χ2n) is 8.17. The topological polar surface area (TPSA) is 78.7 Å². The average molecular weight is 458 g/mol. The average Bonchev–Trinajstić information content (AvgIpc) is 3.40. The Morgan fingerprint density at radius 2 is 1.74 bits per heavy atom. The Kier molecular flexibility index (Phi) is 6.05. The number of benzene rings is 2. The van der Waals surface area contributed by atoms with Gasteiger partial charge >= 0.3 is 0 Å². The first-order valence-corrected chi connectivity index (χ1v) is 11.1. The van der Waals surface area contributed by atoms with Gasteiger partial charge in [0.2, 0.25) is 5.91 Å². The molecule has 0 radical (unpaired) electrons. The number of hydrogen-bond donors (Lipinski definition) is 1. The number of fused-ring (bicyclic) bond motifs is 1. The lowest BCUT2D eigenvalue weighted by Gasteiger charge is -2.34. The van der Waals surface area contributed by atoms with Gasteiger partial charge in [0, 0.05) is 37.3 Å². The van der Waals surface area contributed by atoms with Crippen LogP contribution in [-0.4, -0.2) is 59.3 Å². The van der Waals surface area contributed by atoms with Gasteiger partial charge in [0.1, 0.15) is 11.5 Å². The molecule has 2 amide bonds. The lowest BCUT2D eigenvalue weighted by molar-refractivity contribution is -0.117. The molecule has 34 heavy (non-hydrogen) atoms. The summed E-state index contributed by atoms with van der Waals surface area (Å²) in [5.41, 5.74) is 2.48. The molecule has 1 aliphatic rings. The van der Waals surface area contributed by atoms with Crippen LogP contribution in [0.5, 0.6) is 0 Å². The molecule has 2 aromatic carbocycles. The number of carbonyl (C=O) groups is 2. The predicted molar refractivity (Wildman–Crippen MR) is 127 cm³/mol. The first kappa shape index (κ1) is 21.8. The molecular weight excluding hydrogens is 435 g/mol. The lowest BCUT2D eigenvalue weighted by Crippen LogP contribution is -2.50. The van der Waals surface area contributed by atoms with Crippen molar-refractivity contribution < 1.29 is 18.4 Å². The van der Waals surface area contributed by atoms with E-state index in [2.05, 4.69) is 10.3 Å². The summed E-state index contributed by atoms with van der Waals surface area (Å²) < 4.78 is 18.5. The number of halogens is 1. The molecule has 3 heterocycles. The van der Waals surface area contributed by atoms with Crippen LogP contribution in [-0.2, 0) is 4.79 Å². The van der Waals surface area contributed by atoms with Crippen molar-refractivity contribution in [1.82, 2.24) is 14.8 Å². The SMILES string of the molecule is O=C(CN1CCN(C(=O)c2cc(-c3ccco3)nc3ccccc23)CC1)Nc1ccc(F)cc1. The third-order valence-electron chi connectivity index (χ3n) is 5.87. The van der Waals surface area contributed by atoms with E-state index in [-0.39, 0.29) is 24.2 Å². The van der Waals surface area contributed by atoms with Crippen LogP contribution in [0.2, 0.25) is 0 Å². The molecule has 0 bridgehead atoms. The summed E-state index contributed by atoms with van der Waals surface area (Å²) in [6.07, 6.45) is 1.58. The Hall–Kier alpha value is -4.04. The molecule has 0 unspecified atom stereocenters. The van der Waals surface area contributed by atoms with Crippen molar-refractivity contribution in [3.8, 4) is 11.5 Å². The monoisotopic (exact) mass is 458 g/mol. The maximum Gasteiger partial charge on any atom is 0.254 e. The molecule has 4 aromatic rings. The molecule has 2 aromatic heterocycles. The predicted octanol–water partition coefficient (Wildman–Crippen LogP) is 4.03. The highest BCUT2D eigenvalue weighted by molar-refractivity contribution is 6.07. The van der Waals surface area contributed by atoms with Gasteiger partial charge in [0.05, 0.1) is 23.9 Å². The minimum Gasteiger partial charge on any atom is -0.463 e. The molecule has 1 N–H and O–H groups in total. The number of para-hydroxylation sites is 1. The highest BCUT2D eigenvalue weighted by atomic mass is 19.1. The summed E-state index contributed by atoms with van der Waals surface area (Å²) in [6, 6.07) is 18.6. The molecule has 0 aliphatic carbocycles. The lowest BCUT2D eigenvalue weighted by atomic mass is 10.0. The third kappa shape index (κ3) is 4.67. The standard InChI is InChI=1S/C26H23FN4O3/c27-18-7-9-19(10-8-18)28-25(32)17-30-11-13-31(14-12-30)26(33)21-16-23(24-6-3-15-34-24)29-22-5-2-1-4-20(21)22/h1-10,15-16H,11-14,17H2,(H,28,32). The van der Waals surface area contributed by atoms with Gasteiger partial charge in [-0.15, -0.1) is 0 Å². The number of amides is 2. The summed E-state index contributed by atoms with van der Waals surface area (Å²) in [7, 11) is 0. The molecule has 172 valence electrons. The second kappa shape index (κ2) is 9.44. The van der Waals surface area contributed by atoms with Crippen LogP contribution in [0.4, 0.5) is 10.1 Å². The number of rotatable bonds is 5. The van der Waals surface area contributed by atoms with Gasteiger partial charge in [-0.3, -0.25) is 14.5 Å². The Morgan fingerprint density at radius 1 is 0.971 bits per heavy atom. The van der Waals surface area contributed by atoms with Gasteiger partial charge in [0.15, 0.2) is 5.76 Å². The van der Waals surface area contributed by atoms with Crippen LogP contribution >= 0.6 is 0 Å². The molecule has 1 aliphatic heterocycles. The van der Waals surface area contributed by atoms with Crippen molar-refractivity contribution >= 4 is 28.4 Å². The Bertz CT molecular complexity index is 1310. The number of aromatic nitrogens is 1. The normalized spacial score (nSPS) is 14.3. The smallest absolute Gasteiger partial charge is 0.254 e. The maximum absolute atomic E-state index is 13.5. The van der Waals surface area contributed by atoms with E-state index in [0.717, 1.165) is 10.9 Å². The fourth-order valence-corrected chi connectivity index (χ4v) is 4.12. The van der Waals surface area contributed by atoms with E-state index < -0.39 is 0 Å². The van der Waals surface area contributed by atoms with E-state index in [1.165, 1.54) is 24.3 Å². The third-order valence-corrected chi connectivity index (χ3v) is 5.87. The van der Waals surface area contributed by atoms with Crippen LogP contribution in [0.25, 0.3) is 22.4 Å². The molecule has 0 spiro atoms. The van der Waals surface area contributed by atoms with Gasteiger partial charge in [-0.1, -0.05) is 18.2 Å². The minimum atomic E-state index is -0.350. The second-order valence-corrected chi connectivity index (χ2v) is 8.17. The Balaban J connectivity index is 1.26. The molecular formula is C26H23FN4O3. The summed E-state index contributed by atoms with van der Waals surface area (Å²) in [5.74, 6) is 0.0188. The van der Waals surface area contributed by atoms with E-state index >= 15 is 0 Å². The molecule has 1 fully saturated rings. The zero-order valence-corrected chi connectivity index (χ0v) is 18.4. The van der Waals surface area contributed by atoms with Crippen LogP contribution in [0.15, 0.2) is 77.4 Å². The van der Waals surface area contributed by atoms with Gasteiger partial charge in [-0.2, -0.15) is 0 Å². The minimum absolute atomic E-state index is 0.0678. The van der Waals surface area contributed by atoms with E-state index in [1.54, 1.807) is 18.4 Å². The Morgan fingerprint density at radius 3 is 2.47 bits per heavy atom. The quantitative estimate of drug-likeness (QED) is 0.489. The number of carbonyl (C=O) groups excluding carboxylic acids is 2. The summed E-state index contributed by atoms with van der Waals surface area (Å²) in [5, 5.41) is 3.57. The zero-order chi connectivity index (χ0) is 23.5. The van der Waals surface area contributed by atoms with Gasteiger partial charge in [0.25, 0.3) is 5.91 Å². The molecule has 0 saturated carbocycles. The number of furan rings is 1. The molecule has 1 saturated heterocycles. The van der Waals surface area contributed by atoms with Crippen LogP contribution in [0.1, 0.15) is 10.4 Å². The molecule has 7 nitrogen and oxygen atoms in total. The number of anilines is 1. The van der Waals surface area contributed by atoms with Crippen molar-refractivity contribution in [3.63, 3.8) is 0 Å². The van der Waals surface area contributed by atoms with Crippen molar-refractivity contribution in [2.24, 2.45) is 0 Å². The van der Waals surface area contributed by atoms with Gasteiger partial charge in [-0.05, 0) is 48.5 Å². The highest BCUT2D eigenvalue weighted by Crippen LogP contribution is 2.26. The van der Waals surface area contributed by atoms with Crippen LogP contribution in [0.3, 0.4) is 0 Å². The first-order valence-electron chi connectivity index (χ1n) is 11.1. The number of nitrogens with zero attached hydrogens (tertiary/aromatic N) is 3. The zero-order valence-electron chi connectivity index (χ0n) is 18.4. The first-order chi connectivity index (χ1) is 16.6. The fourth-order valence-electron chi connectivity index (χ4n) is 4.12. The molecule has 0 atom stereocenters. The summed E-state index contributed by atoms with van der Waals surface area (Å²) >= 11 is 0. The summed E-state index contributed by atoms with van der Waals surface area (Å²) in [6.45, 7) is 2.39. The van der Waals surface area contributed by atoms with Crippen molar-refractivity contribution in [2.75, 3.05) is 38.0 Å². The van der Waals surface area contributed by atoms with E-state index in [9.17, 15) is 14.0 Å². The Labute approximate surface area is 195 Å². The fraction of sp³-hybridized carbons (Fsp3) is 0.192. The number of piperazine rings is 1. The molecule has 5 rings (SSSR count). The van der Waals surface area contributed by atoms with Crippen LogP contribution < -0.4 is 5.32 Å².